The largest absolute Gasteiger partial charge is 0.375 e. The topological polar surface area (TPSA) is 41.6 Å². The van der Waals surface area contributed by atoms with Crippen molar-refractivity contribution in [1.82, 2.24) is 10.2 Å². The molecule has 20 heavy (non-hydrogen) atoms. The van der Waals surface area contributed by atoms with Crippen LogP contribution in [0.25, 0.3) is 0 Å². The first-order valence-electron chi connectivity index (χ1n) is 7.58. The lowest BCUT2D eigenvalue weighted by atomic mass is 10.1. The van der Waals surface area contributed by atoms with Crippen LogP contribution in [-0.2, 0) is 9.53 Å². The number of ether oxygens (including phenoxy) is 1. The number of amides is 1. The fourth-order valence-corrected chi connectivity index (χ4v) is 4.22. The molecule has 3 rings (SSSR count). The summed E-state index contributed by atoms with van der Waals surface area (Å²) >= 11 is 1.81. The first-order chi connectivity index (χ1) is 9.33. The second-order valence-corrected chi connectivity index (χ2v) is 6.87. The van der Waals surface area contributed by atoms with Crippen molar-refractivity contribution in [2.24, 2.45) is 0 Å². The molecule has 6 heteroatoms. The van der Waals surface area contributed by atoms with Gasteiger partial charge < -0.3 is 9.64 Å². The third-order valence-corrected chi connectivity index (χ3v) is 5.39. The lowest BCUT2D eigenvalue weighted by molar-refractivity contribution is -0.136. The normalized spacial score (nSPS) is 28.6. The SMILES string of the molecule is Cl.O=C(C1CSCN1)N1CCC(OC2CCCC2)CC1. The van der Waals surface area contributed by atoms with E-state index in [1.54, 1.807) is 0 Å². The molecule has 1 saturated carbocycles. The fraction of sp³-hybridized carbons (Fsp3) is 0.929. The van der Waals surface area contributed by atoms with E-state index in [1.807, 2.05) is 16.7 Å². The van der Waals surface area contributed by atoms with Gasteiger partial charge in [-0.2, -0.15) is 0 Å². The maximum atomic E-state index is 12.3. The molecule has 0 aromatic rings. The smallest absolute Gasteiger partial charge is 0.240 e. The Morgan fingerprint density at radius 2 is 1.75 bits per heavy atom. The highest BCUT2D eigenvalue weighted by Crippen LogP contribution is 2.25. The van der Waals surface area contributed by atoms with Crippen molar-refractivity contribution in [2.45, 2.75) is 56.8 Å². The quantitative estimate of drug-likeness (QED) is 0.864. The van der Waals surface area contributed by atoms with Crippen LogP contribution in [0.4, 0.5) is 0 Å². The molecule has 2 aliphatic heterocycles. The number of hydrogen-bond donors (Lipinski definition) is 1. The molecule has 0 aromatic carbocycles. The Balaban J connectivity index is 0.00000147. The van der Waals surface area contributed by atoms with Gasteiger partial charge in [0.15, 0.2) is 0 Å². The molecule has 1 unspecified atom stereocenters. The van der Waals surface area contributed by atoms with Gasteiger partial charge >= 0.3 is 0 Å². The average molecular weight is 321 g/mol. The van der Waals surface area contributed by atoms with Crippen LogP contribution in [0.15, 0.2) is 0 Å². The molecule has 116 valence electrons. The molecule has 1 aliphatic carbocycles. The molecule has 3 fully saturated rings. The Kier molecular flexibility index (Phi) is 6.46. The van der Waals surface area contributed by atoms with Crippen molar-refractivity contribution in [3.63, 3.8) is 0 Å². The summed E-state index contributed by atoms with van der Waals surface area (Å²) < 4.78 is 6.15. The maximum absolute atomic E-state index is 12.3. The number of likely N-dealkylation sites (tertiary alicyclic amines) is 1. The number of thioether (sulfide) groups is 1. The van der Waals surface area contributed by atoms with Gasteiger partial charge in [-0.05, 0) is 25.7 Å². The molecule has 1 amide bonds. The third kappa shape index (κ3) is 4.03. The van der Waals surface area contributed by atoms with Crippen LogP contribution in [-0.4, -0.2) is 53.8 Å². The predicted molar refractivity (Wildman–Crippen MR) is 84.4 cm³/mol. The van der Waals surface area contributed by atoms with E-state index >= 15 is 0 Å². The van der Waals surface area contributed by atoms with Crippen LogP contribution in [0.2, 0.25) is 0 Å². The van der Waals surface area contributed by atoms with Gasteiger partial charge in [0.25, 0.3) is 0 Å². The molecular weight excluding hydrogens is 296 g/mol. The number of rotatable bonds is 3. The second kappa shape index (κ2) is 7.87. The van der Waals surface area contributed by atoms with Gasteiger partial charge in [-0.1, -0.05) is 12.8 Å². The van der Waals surface area contributed by atoms with E-state index in [9.17, 15) is 4.79 Å². The molecule has 2 heterocycles. The Labute approximate surface area is 131 Å². The van der Waals surface area contributed by atoms with Crippen molar-refractivity contribution in [1.29, 1.82) is 0 Å². The van der Waals surface area contributed by atoms with E-state index < -0.39 is 0 Å². The summed E-state index contributed by atoms with van der Waals surface area (Å²) in [5.41, 5.74) is 0. The summed E-state index contributed by atoms with van der Waals surface area (Å²) in [6, 6.07) is 0.0531. The molecular formula is C14H25ClN2O2S. The first-order valence-corrected chi connectivity index (χ1v) is 8.74. The summed E-state index contributed by atoms with van der Waals surface area (Å²) in [5.74, 6) is 2.14. The molecule has 0 bridgehead atoms. The summed E-state index contributed by atoms with van der Waals surface area (Å²) in [7, 11) is 0. The Morgan fingerprint density at radius 1 is 1.10 bits per heavy atom. The van der Waals surface area contributed by atoms with E-state index in [0.717, 1.165) is 37.6 Å². The lowest BCUT2D eigenvalue weighted by Crippen LogP contribution is -2.49. The summed E-state index contributed by atoms with van der Waals surface area (Å²) in [5, 5.41) is 3.26. The number of carbonyl (C=O) groups excluding carboxylic acids is 1. The van der Waals surface area contributed by atoms with Crippen LogP contribution in [0.3, 0.4) is 0 Å². The minimum absolute atomic E-state index is 0. The second-order valence-electron chi connectivity index (χ2n) is 5.84. The van der Waals surface area contributed by atoms with Gasteiger partial charge in [-0.3, -0.25) is 10.1 Å². The predicted octanol–water partition coefficient (Wildman–Crippen LogP) is 2.02. The zero-order valence-electron chi connectivity index (χ0n) is 11.9. The van der Waals surface area contributed by atoms with Crippen LogP contribution in [0, 0.1) is 0 Å². The van der Waals surface area contributed by atoms with Gasteiger partial charge in [-0.25, -0.2) is 0 Å². The van der Waals surface area contributed by atoms with E-state index in [1.165, 1.54) is 25.7 Å². The number of halogens is 1. The average Bonchev–Trinajstić information content (AvgIpc) is 3.12. The van der Waals surface area contributed by atoms with Crippen molar-refractivity contribution in [3.8, 4) is 0 Å². The van der Waals surface area contributed by atoms with Gasteiger partial charge in [-0.15, -0.1) is 24.2 Å². The number of hydrogen-bond acceptors (Lipinski definition) is 4. The van der Waals surface area contributed by atoms with Crippen molar-refractivity contribution in [3.05, 3.63) is 0 Å². The molecule has 2 saturated heterocycles. The fourth-order valence-electron chi connectivity index (χ4n) is 3.28. The van der Waals surface area contributed by atoms with E-state index in [0.29, 0.717) is 18.1 Å². The van der Waals surface area contributed by atoms with Crippen LogP contribution in [0.5, 0.6) is 0 Å². The van der Waals surface area contributed by atoms with E-state index in [-0.39, 0.29) is 18.4 Å². The van der Waals surface area contributed by atoms with Gasteiger partial charge in [0, 0.05) is 24.7 Å². The molecule has 0 spiro atoms. The standard InChI is InChI=1S/C14H24N2O2S.ClH/c17-14(13-9-19-10-15-13)16-7-5-12(6-8-16)18-11-3-1-2-4-11;/h11-13,15H,1-10H2;1H. The van der Waals surface area contributed by atoms with E-state index in [4.69, 9.17) is 4.74 Å². The van der Waals surface area contributed by atoms with Crippen LogP contribution < -0.4 is 5.32 Å². The molecule has 3 aliphatic rings. The monoisotopic (exact) mass is 320 g/mol. The number of nitrogens with zero attached hydrogens (tertiary/aromatic N) is 1. The van der Waals surface area contributed by atoms with Crippen LogP contribution in [0.1, 0.15) is 38.5 Å². The van der Waals surface area contributed by atoms with Gasteiger partial charge in [0.1, 0.15) is 0 Å². The molecule has 4 nitrogen and oxygen atoms in total. The van der Waals surface area contributed by atoms with Gasteiger partial charge in [0.2, 0.25) is 5.91 Å². The van der Waals surface area contributed by atoms with Crippen molar-refractivity contribution >= 4 is 30.1 Å². The third-order valence-electron chi connectivity index (χ3n) is 4.46. The Bertz CT molecular complexity index is 312. The number of nitrogens with one attached hydrogen (secondary N) is 1. The van der Waals surface area contributed by atoms with Gasteiger partial charge in [0.05, 0.1) is 18.2 Å². The zero-order chi connectivity index (χ0) is 13.1. The molecule has 0 aromatic heterocycles. The summed E-state index contributed by atoms with van der Waals surface area (Å²) in [4.78, 5) is 14.3. The minimum Gasteiger partial charge on any atom is -0.375 e. The van der Waals surface area contributed by atoms with E-state index in [2.05, 4.69) is 5.32 Å². The summed E-state index contributed by atoms with van der Waals surface area (Å²) in [6.45, 7) is 1.75. The minimum atomic E-state index is 0. The highest BCUT2D eigenvalue weighted by atomic mass is 35.5. The van der Waals surface area contributed by atoms with Crippen LogP contribution >= 0.6 is 24.2 Å². The Hall–Kier alpha value is 0.0300. The number of carbonyl (C=O) groups is 1. The molecule has 0 radical (unpaired) electrons. The lowest BCUT2D eigenvalue weighted by Gasteiger charge is -2.34. The molecule has 1 atom stereocenters. The number of piperidine rings is 1. The zero-order valence-corrected chi connectivity index (χ0v) is 13.5. The van der Waals surface area contributed by atoms with Crippen molar-refractivity contribution in [2.75, 3.05) is 24.7 Å². The maximum Gasteiger partial charge on any atom is 0.240 e. The first kappa shape index (κ1) is 16.4. The highest BCUT2D eigenvalue weighted by Gasteiger charge is 2.31. The highest BCUT2D eigenvalue weighted by molar-refractivity contribution is 7.99. The Morgan fingerprint density at radius 3 is 2.35 bits per heavy atom. The van der Waals surface area contributed by atoms with Crippen molar-refractivity contribution < 1.29 is 9.53 Å². The molecule has 1 N–H and O–H groups in total. The summed E-state index contributed by atoms with van der Waals surface area (Å²) in [6.07, 6.45) is 8.05.